The molecule has 0 atom stereocenters. The smallest absolute Gasteiger partial charge is 0.412 e. The second-order valence-electron chi connectivity index (χ2n) is 1.24. The highest BCUT2D eigenvalue weighted by atomic mass is 16.5. The van der Waals surface area contributed by atoms with E-state index < -0.39 is 6.09 Å². The van der Waals surface area contributed by atoms with Crippen molar-refractivity contribution in [2.75, 3.05) is 7.11 Å². The molecule has 8 heavy (non-hydrogen) atoms. The zero-order valence-electron chi connectivity index (χ0n) is 4.82. The van der Waals surface area contributed by atoms with Crippen molar-refractivity contribution in [1.29, 1.82) is 5.41 Å². The molecular weight excluding hydrogens is 108 g/mol. The number of rotatable bonds is 0. The molecule has 4 heteroatoms. The van der Waals surface area contributed by atoms with E-state index in [-0.39, 0.29) is 5.84 Å². The summed E-state index contributed by atoms with van der Waals surface area (Å²) in [4.78, 5) is 10.1. The summed E-state index contributed by atoms with van der Waals surface area (Å²) < 4.78 is 4.17. The summed E-state index contributed by atoms with van der Waals surface area (Å²) in [5, 5.41) is 8.83. The molecule has 0 aromatic carbocycles. The number of nitrogens with one attached hydrogen (secondary N) is 2. The Morgan fingerprint density at radius 2 is 2.25 bits per heavy atom. The molecule has 2 N–H and O–H groups in total. The van der Waals surface area contributed by atoms with E-state index in [0.717, 1.165) is 0 Å². The first kappa shape index (κ1) is 6.94. The Morgan fingerprint density at radius 3 is 2.38 bits per heavy atom. The fourth-order valence-corrected chi connectivity index (χ4v) is 0.204. The van der Waals surface area contributed by atoms with Gasteiger partial charge >= 0.3 is 6.09 Å². The second kappa shape index (κ2) is 3.01. The molecule has 0 aliphatic carbocycles. The van der Waals surface area contributed by atoms with E-state index in [1.807, 2.05) is 0 Å². The van der Waals surface area contributed by atoms with Crippen molar-refractivity contribution in [3.63, 3.8) is 0 Å². The van der Waals surface area contributed by atoms with Crippen molar-refractivity contribution in [1.82, 2.24) is 5.32 Å². The van der Waals surface area contributed by atoms with Crippen molar-refractivity contribution in [3.8, 4) is 0 Å². The highest BCUT2D eigenvalue weighted by Crippen LogP contribution is 1.69. The van der Waals surface area contributed by atoms with Crippen LogP contribution in [0, 0.1) is 5.41 Å². The van der Waals surface area contributed by atoms with Crippen LogP contribution in [0.15, 0.2) is 0 Å². The lowest BCUT2D eigenvalue weighted by atomic mass is 10.7. The molecule has 0 rings (SSSR count). The van der Waals surface area contributed by atoms with Gasteiger partial charge in [0, 0.05) is 0 Å². The molecule has 0 fully saturated rings. The van der Waals surface area contributed by atoms with Crippen LogP contribution in [0.3, 0.4) is 0 Å². The van der Waals surface area contributed by atoms with E-state index in [1.54, 1.807) is 0 Å². The molecule has 0 saturated carbocycles. The lowest BCUT2D eigenvalue weighted by molar-refractivity contribution is 0.176. The van der Waals surface area contributed by atoms with Gasteiger partial charge in [-0.2, -0.15) is 0 Å². The number of amides is 1. The van der Waals surface area contributed by atoms with Gasteiger partial charge in [-0.25, -0.2) is 4.79 Å². The van der Waals surface area contributed by atoms with Gasteiger partial charge < -0.3 is 4.74 Å². The Hall–Kier alpha value is -1.06. The predicted octanol–water partition coefficient (Wildman–Crippen LogP) is 0.340. The average molecular weight is 116 g/mol. The van der Waals surface area contributed by atoms with E-state index in [0.29, 0.717) is 0 Å². The number of carbonyl (C=O) groups is 1. The van der Waals surface area contributed by atoms with E-state index >= 15 is 0 Å². The maximum atomic E-state index is 10.1. The molecule has 0 aromatic heterocycles. The van der Waals surface area contributed by atoms with Gasteiger partial charge in [-0.15, -0.1) is 0 Å². The number of hydrogen-bond acceptors (Lipinski definition) is 3. The fourth-order valence-electron chi connectivity index (χ4n) is 0.204. The van der Waals surface area contributed by atoms with Crippen LogP contribution >= 0.6 is 0 Å². The summed E-state index contributed by atoms with van der Waals surface area (Å²) in [7, 11) is 1.25. The summed E-state index contributed by atoms with van der Waals surface area (Å²) in [5.74, 6) is 0.0804. The van der Waals surface area contributed by atoms with Crippen molar-refractivity contribution in [3.05, 3.63) is 0 Å². The molecular formula is C4H8N2O2. The quantitative estimate of drug-likeness (QED) is 0.354. The van der Waals surface area contributed by atoms with Crippen LogP contribution in [-0.2, 0) is 4.74 Å². The monoisotopic (exact) mass is 116 g/mol. The minimum absolute atomic E-state index is 0.0804. The Kier molecular flexibility index (Phi) is 2.61. The maximum Gasteiger partial charge on any atom is 0.412 e. The summed E-state index contributed by atoms with van der Waals surface area (Å²) in [6, 6.07) is 0. The molecule has 0 unspecified atom stereocenters. The van der Waals surface area contributed by atoms with Crippen LogP contribution < -0.4 is 5.32 Å². The van der Waals surface area contributed by atoms with Gasteiger partial charge in [0.05, 0.1) is 12.9 Å². The van der Waals surface area contributed by atoms with Crippen molar-refractivity contribution in [2.45, 2.75) is 6.92 Å². The van der Waals surface area contributed by atoms with Gasteiger partial charge in [0.25, 0.3) is 0 Å². The average Bonchev–Trinajstić information content (AvgIpc) is 1.65. The minimum atomic E-state index is -0.600. The Morgan fingerprint density at radius 1 is 1.75 bits per heavy atom. The second-order valence-corrected chi connectivity index (χ2v) is 1.24. The number of methoxy groups -OCH3 is 1. The molecule has 0 radical (unpaired) electrons. The number of amidine groups is 1. The van der Waals surface area contributed by atoms with Crippen LogP contribution in [0.25, 0.3) is 0 Å². The van der Waals surface area contributed by atoms with Crippen LogP contribution in [0.1, 0.15) is 6.92 Å². The minimum Gasteiger partial charge on any atom is -0.453 e. The molecule has 1 amide bonds. The summed E-state index contributed by atoms with van der Waals surface area (Å²) in [6.07, 6.45) is -0.600. The van der Waals surface area contributed by atoms with Gasteiger partial charge in [0.1, 0.15) is 0 Å². The fraction of sp³-hybridized carbons (Fsp3) is 0.500. The summed E-state index contributed by atoms with van der Waals surface area (Å²) >= 11 is 0. The van der Waals surface area contributed by atoms with Crippen LogP contribution in [-0.4, -0.2) is 19.0 Å². The molecule has 0 saturated heterocycles. The first-order valence-corrected chi connectivity index (χ1v) is 2.07. The molecule has 0 aliphatic heterocycles. The number of alkyl carbamates (subject to hydrolysis) is 1. The third-order valence-electron chi connectivity index (χ3n) is 0.475. The predicted molar refractivity (Wildman–Crippen MR) is 28.9 cm³/mol. The first-order chi connectivity index (χ1) is 3.66. The standard InChI is InChI=1S/C4H8N2O2/c1-3(5)6-4(7)8-2/h1-2H3,(H2,5,6,7). The first-order valence-electron chi connectivity index (χ1n) is 2.07. The Bertz CT molecular complexity index is 111. The largest absolute Gasteiger partial charge is 0.453 e. The molecule has 46 valence electrons. The highest BCUT2D eigenvalue weighted by molar-refractivity contribution is 5.91. The third-order valence-corrected chi connectivity index (χ3v) is 0.475. The lowest BCUT2D eigenvalue weighted by Crippen LogP contribution is -2.26. The molecule has 0 aromatic rings. The Labute approximate surface area is 47.3 Å². The SMILES string of the molecule is COC(=O)NC(C)=N. The topological polar surface area (TPSA) is 62.2 Å². The molecule has 0 heterocycles. The Balaban J connectivity index is 3.40. The van der Waals surface area contributed by atoms with Gasteiger partial charge in [0.2, 0.25) is 0 Å². The third kappa shape index (κ3) is 3.14. The molecule has 4 nitrogen and oxygen atoms in total. The van der Waals surface area contributed by atoms with Gasteiger partial charge in [0.15, 0.2) is 0 Å². The number of carbonyl (C=O) groups excluding carboxylic acids is 1. The molecule has 0 spiro atoms. The highest BCUT2D eigenvalue weighted by Gasteiger charge is 1.94. The number of ether oxygens (including phenoxy) is 1. The zero-order chi connectivity index (χ0) is 6.57. The van der Waals surface area contributed by atoms with Crippen LogP contribution in [0.2, 0.25) is 0 Å². The van der Waals surface area contributed by atoms with Gasteiger partial charge in [-0.05, 0) is 6.92 Å². The van der Waals surface area contributed by atoms with Crippen molar-refractivity contribution < 1.29 is 9.53 Å². The molecule has 0 bridgehead atoms. The normalized spacial score (nSPS) is 7.75. The van der Waals surface area contributed by atoms with Crippen LogP contribution in [0.5, 0.6) is 0 Å². The zero-order valence-corrected chi connectivity index (χ0v) is 4.82. The van der Waals surface area contributed by atoms with Crippen LogP contribution in [0.4, 0.5) is 4.79 Å². The molecule has 0 aliphatic rings. The van der Waals surface area contributed by atoms with E-state index in [9.17, 15) is 4.79 Å². The van der Waals surface area contributed by atoms with Gasteiger partial charge in [-0.3, -0.25) is 10.7 Å². The van der Waals surface area contributed by atoms with E-state index in [4.69, 9.17) is 5.41 Å². The van der Waals surface area contributed by atoms with E-state index in [1.165, 1.54) is 14.0 Å². The van der Waals surface area contributed by atoms with Gasteiger partial charge in [-0.1, -0.05) is 0 Å². The van der Waals surface area contributed by atoms with Crippen molar-refractivity contribution in [2.24, 2.45) is 0 Å². The lowest BCUT2D eigenvalue weighted by Gasteiger charge is -1.97. The maximum absolute atomic E-state index is 10.1. The number of hydrogen-bond donors (Lipinski definition) is 2. The summed E-state index contributed by atoms with van der Waals surface area (Å²) in [6.45, 7) is 1.46. The summed E-state index contributed by atoms with van der Waals surface area (Å²) in [5.41, 5.74) is 0. The van der Waals surface area contributed by atoms with E-state index in [2.05, 4.69) is 10.1 Å². The van der Waals surface area contributed by atoms with Crippen molar-refractivity contribution >= 4 is 11.9 Å².